The molecule has 3 amide bonds. The highest BCUT2D eigenvalue weighted by Gasteiger charge is 2.34. The molecule has 0 spiro atoms. The molecule has 0 aliphatic carbocycles. The van der Waals surface area contributed by atoms with Crippen LogP contribution in [0.15, 0.2) is 30.5 Å². The van der Waals surface area contributed by atoms with Crippen LogP contribution in [0.25, 0.3) is 10.9 Å². The first-order chi connectivity index (χ1) is 12.0. The number of nitrogens with two attached hydrogens (primary N) is 1. The minimum atomic E-state index is -0.763. The first-order valence-electron chi connectivity index (χ1n) is 8.22. The molecule has 1 aliphatic heterocycles. The summed E-state index contributed by atoms with van der Waals surface area (Å²) < 4.78 is 1.80. The molecule has 1 fully saturated rings. The molecule has 8 heteroatoms. The molecule has 2 N–H and O–H groups in total. The van der Waals surface area contributed by atoms with Crippen molar-refractivity contribution in [1.29, 1.82) is 0 Å². The van der Waals surface area contributed by atoms with Gasteiger partial charge in [-0.2, -0.15) is 5.10 Å². The molecular formula is C17H21N5O3. The Bertz CT molecular complexity index is 815. The summed E-state index contributed by atoms with van der Waals surface area (Å²) >= 11 is 0. The van der Waals surface area contributed by atoms with E-state index >= 15 is 0 Å². The Balaban J connectivity index is 1.63. The second-order valence-corrected chi connectivity index (χ2v) is 6.15. The summed E-state index contributed by atoms with van der Waals surface area (Å²) in [5.74, 6) is -0.876. The third-order valence-electron chi connectivity index (χ3n) is 4.55. The summed E-state index contributed by atoms with van der Waals surface area (Å²) in [7, 11) is 0. The summed E-state index contributed by atoms with van der Waals surface area (Å²) in [5, 5.41) is 5.34. The Hall–Kier alpha value is -2.90. The first-order valence-corrected chi connectivity index (χ1v) is 8.22. The molecule has 0 unspecified atom stereocenters. The normalized spacial score (nSPS) is 17.7. The molecule has 0 radical (unpaired) electrons. The van der Waals surface area contributed by atoms with Crippen LogP contribution < -0.4 is 5.73 Å². The summed E-state index contributed by atoms with van der Waals surface area (Å²) in [6, 6.07) is 7.04. The van der Waals surface area contributed by atoms with Gasteiger partial charge in [-0.05, 0) is 6.07 Å². The Morgan fingerprint density at radius 2 is 2.00 bits per heavy atom. The van der Waals surface area contributed by atoms with E-state index in [1.807, 2.05) is 24.3 Å². The van der Waals surface area contributed by atoms with Crippen molar-refractivity contribution in [3.63, 3.8) is 0 Å². The van der Waals surface area contributed by atoms with Crippen LogP contribution in [0, 0.1) is 0 Å². The number of nitrogens with zero attached hydrogens (tertiary/aromatic N) is 4. The standard InChI is InChI=1S/C17H21N5O3/c1-12(23)21-9-8-20(11-15(21)17(18)25)16(24)6-7-22-14-5-3-2-4-13(14)10-19-22/h2-5,10,15H,6-9,11H2,1H3,(H2,18,25)/t15-/m1/s1. The smallest absolute Gasteiger partial charge is 0.242 e. The lowest BCUT2D eigenvalue weighted by Gasteiger charge is -2.39. The number of piperazine rings is 1. The Morgan fingerprint density at radius 1 is 1.24 bits per heavy atom. The van der Waals surface area contributed by atoms with Gasteiger partial charge in [0.25, 0.3) is 0 Å². The van der Waals surface area contributed by atoms with Crippen LogP contribution in [0.4, 0.5) is 0 Å². The van der Waals surface area contributed by atoms with Gasteiger partial charge in [-0.3, -0.25) is 19.1 Å². The first kappa shape index (κ1) is 16.9. The van der Waals surface area contributed by atoms with E-state index in [9.17, 15) is 14.4 Å². The summed E-state index contributed by atoms with van der Waals surface area (Å²) in [6.45, 7) is 2.73. The van der Waals surface area contributed by atoms with E-state index in [0.29, 0.717) is 19.6 Å². The zero-order valence-electron chi connectivity index (χ0n) is 14.1. The van der Waals surface area contributed by atoms with E-state index < -0.39 is 11.9 Å². The molecule has 1 saturated heterocycles. The minimum Gasteiger partial charge on any atom is -0.368 e. The fourth-order valence-electron chi connectivity index (χ4n) is 3.19. The van der Waals surface area contributed by atoms with Gasteiger partial charge >= 0.3 is 0 Å². The lowest BCUT2D eigenvalue weighted by Crippen LogP contribution is -2.60. The van der Waals surface area contributed by atoms with Crippen molar-refractivity contribution in [2.45, 2.75) is 25.9 Å². The van der Waals surface area contributed by atoms with Gasteiger partial charge in [0.05, 0.1) is 24.8 Å². The van der Waals surface area contributed by atoms with E-state index in [2.05, 4.69) is 5.10 Å². The Labute approximate surface area is 145 Å². The van der Waals surface area contributed by atoms with Crippen molar-refractivity contribution >= 4 is 28.6 Å². The zero-order valence-corrected chi connectivity index (χ0v) is 14.1. The van der Waals surface area contributed by atoms with Crippen molar-refractivity contribution in [2.75, 3.05) is 19.6 Å². The lowest BCUT2D eigenvalue weighted by atomic mass is 10.1. The van der Waals surface area contributed by atoms with Gasteiger partial charge in [-0.15, -0.1) is 0 Å². The molecule has 1 aliphatic rings. The highest BCUT2D eigenvalue weighted by Crippen LogP contribution is 2.15. The van der Waals surface area contributed by atoms with Crippen LogP contribution in [0.3, 0.4) is 0 Å². The number of carbonyl (C=O) groups excluding carboxylic acids is 3. The summed E-state index contributed by atoms with van der Waals surface area (Å²) in [4.78, 5) is 38.7. The van der Waals surface area contributed by atoms with Gasteiger partial charge in [0, 0.05) is 31.8 Å². The molecule has 1 atom stereocenters. The molecular weight excluding hydrogens is 322 g/mol. The lowest BCUT2D eigenvalue weighted by molar-refractivity contribution is -0.146. The van der Waals surface area contributed by atoms with Crippen LogP contribution in [0.1, 0.15) is 13.3 Å². The topological polar surface area (TPSA) is 102 Å². The highest BCUT2D eigenvalue weighted by atomic mass is 16.2. The van der Waals surface area contributed by atoms with Gasteiger partial charge in [0.1, 0.15) is 6.04 Å². The SMILES string of the molecule is CC(=O)N1CCN(C(=O)CCn2ncc3ccccc32)C[C@@H]1C(N)=O. The second kappa shape index (κ2) is 6.92. The Kier molecular flexibility index (Phi) is 4.69. The number of rotatable bonds is 4. The van der Waals surface area contributed by atoms with Crippen molar-refractivity contribution in [3.8, 4) is 0 Å². The number of aromatic nitrogens is 2. The number of primary amides is 1. The molecule has 1 aromatic carbocycles. The van der Waals surface area contributed by atoms with Crippen molar-refractivity contribution in [2.24, 2.45) is 5.73 Å². The van der Waals surface area contributed by atoms with Crippen LogP contribution in [0.2, 0.25) is 0 Å². The van der Waals surface area contributed by atoms with Gasteiger partial charge in [-0.1, -0.05) is 18.2 Å². The molecule has 3 rings (SSSR count). The van der Waals surface area contributed by atoms with Gasteiger partial charge in [0.2, 0.25) is 17.7 Å². The average Bonchev–Trinajstić information content (AvgIpc) is 3.02. The van der Waals surface area contributed by atoms with Crippen molar-refractivity contribution in [3.05, 3.63) is 30.5 Å². The fraction of sp³-hybridized carbons (Fsp3) is 0.412. The third-order valence-corrected chi connectivity index (χ3v) is 4.55. The number of hydrogen-bond acceptors (Lipinski definition) is 4. The second-order valence-electron chi connectivity index (χ2n) is 6.15. The molecule has 2 aromatic rings. The van der Waals surface area contributed by atoms with Crippen LogP contribution >= 0.6 is 0 Å². The predicted octanol–water partition coefficient (Wildman–Crippen LogP) is -0.0290. The molecule has 0 saturated carbocycles. The molecule has 1 aromatic heterocycles. The van der Waals surface area contributed by atoms with E-state index in [0.717, 1.165) is 10.9 Å². The maximum Gasteiger partial charge on any atom is 0.242 e. The fourth-order valence-corrected chi connectivity index (χ4v) is 3.19. The number of para-hydroxylation sites is 1. The van der Waals surface area contributed by atoms with Crippen LogP contribution in [-0.2, 0) is 20.9 Å². The Morgan fingerprint density at radius 3 is 2.72 bits per heavy atom. The van der Waals surface area contributed by atoms with Gasteiger partial charge < -0.3 is 15.5 Å². The van der Waals surface area contributed by atoms with Crippen LogP contribution in [0.5, 0.6) is 0 Å². The van der Waals surface area contributed by atoms with Gasteiger partial charge in [0.15, 0.2) is 0 Å². The van der Waals surface area contributed by atoms with Crippen molar-refractivity contribution in [1.82, 2.24) is 19.6 Å². The molecule has 25 heavy (non-hydrogen) atoms. The maximum atomic E-state index is 12.5. The average molecular weight is 343 g/mol. The number of hydrogen-bond donors (Lipinski definition) is 1. The predicted molar refractivity (Wildman–Crippen MR) is 91.3 cm³/mol. The molecule has 8 nitrogen and oxygen atoms in total. The number of fused-ring (bicyclic) bond motifs is 1. The molecule has 132 valence electrons. The van der Waals surface area contributed by atoms with Crippen LogP contribution in [-0.4, -0.2) is 63.0 Å². The number of aryl methyl sites for hydroxylation is 1. The van der Waals surface area contributed by atoms with Gasteiger partial charge in [-0.25, -0.2) is 0 Å². The largest absolute Gasteiger partial charge is 0.368 e. The molecule has 2 heterocycles. The number of carbonyl (C=O) groups is 3. The monoisotopic (exact) mass is 343 g/mol. The summed E-state index contributed by atoms with van der Waals surface area (Å²) in [5.41, 5.74) is 6.36. The third kappa shape index (κ3) is 3.47. The molecule has 0 bridgehead atoms. The van der Waals surface area contributed by atoms with E-state index in [1.165, 1.54) is 11.8 Å². The van der Waals surface area contributed by atoms with Crippen molar-refractivity contribution < 1.29 is 14.4 Å². The maximum absolute atomic E-state index is 12.5. The van der Waals surface area contributed by atoms with E-state index in [1.54, 1.807) is 15.8 Å². The van der Waals surface area contributed by atoms with E-state index in [-0.39, 0.29) is 24.8 Å². The number of amides is 3. The quantitative estimate of drug-likeness (QED) is 0.842. The summed E-state index contributed by atoms with van der Waals surface area (Å²) in [6.07, 6.45) is 2.05. The van der Waals surface area contributed by atoms with E-state index in [4.69, 9.17) is 5.73 Å². The highest BCUT2D eigenvalue weighted by molar-refractivity contribution is 5.87. The minimum absolute atomic E-state index is 0.0750. The number of benzene rings is 1. The zero-order chi connectivity index (χ0) is 18.0.